The number of ether oxygens (including phenoxy) is 1. The van der Waals surface area contributed by atoms with Crippen LogP contribution in [0, 0.1) is 20.8 Å². The molecule has 0 saturated heterocycles. The van der Waals surface area contributed by atoms with Gasteiger partial charge in [-0.1, -0.05) is 18.2 Å². The minimum Gasteiger partial charge on any atom is -0.495 e. The monoisotopic (exact) mass is 503 g/mol. The highest BCUT2D eigenvalue weighted by Gasteiger charge is 2.22. The van der Waals surface area contributed by atoms with Gasteiger partial charge in [-0.2, -0.15) is 0 Å². The number of carbonyl (C=O) groups excluding carboxylic acids is 1. The number of sulfonamides is 1. The molecule has 0 bridgehead atoms. The van der Waals surface area contributed by atoms with Gasteiger partial charge in [0.15, 0.2) is 0 Å². The molecule has 9 heteroatoms. The average molecular weight is 504 g/mol. The van der Waals surface area contributed by atoms with Gasteiger partial charge in [-0.3, -0.25) is 14.5 Å². The van der Waals surface area contributed by atoms with Crippen LogP contribution >= 0.6 is 15.9 Å². The van der Waals surface area contributed by atoms with Crippen molar-refractivity contribution in [3.63, 3.8) is 0 Å². The second-order valence-corrected chi connectivity index (χ2v) is 9.55. The van der Waals surface area contributed by atoms with E-state index in [2.05, 4.69) is 31.0 Å². The predicted molar refractivity (Wildman–Crippen MR) is 124 cm³/mol. The lowest BCUT2D eigenvalue weighted by atomic mass is 10.1. The van der Waals surface area contributed by atoms with Crippen LogP contribution in [0.4, 0.5) is 11.4 Å². The molecule has 1 aromatic heterocycles. The molecular formula is C22H22BrN3O4S. The highest BCUT2D eigenvalue weighted by Crippen LogP contribution is 2.31. The zero-order valence-electron chi connectivity index (χ0n) is 17.5. The third-order valence-electron chi connectivity index (χ3n) is 4.73. The standard InChI is InChI=1S/C22H22BrN3O4S/c1-13-6-5-7-14(2)21(13)26-31(28,29)20-11-17(8-9-19(20)30-4)25-22(27)18-10-16(23)12-24-15(18)3/h5-12,26H,1-4H3,(H,25,27). The van der Waals surface area contributed by atoms with Crippen LogP contribution in [0.15, 0.2) is 58.0 Å². The number of hydrogen-bond acceptors (Lipinski definition) is 5. The lowest BCUT2D eigenvalue weighted by Gasteiger charge is -2.16. The quantitative estimate of drug-likeness (QED) is 0.501. The predicted octanol–water partition coefficient (Wildman–Crippen LogP) is 4.83. The summed E-state index contributed by atoms with van der Waals surface area (Å²) in [5, 5.41) is 2.73. The Morgan fingerprint density at radius 3 is 2.39 bits per heavy atom. The first kappa shape index (κ1) is 22.8. The Hall–Kier alpha value is -2.91. The first-order valence-corrected chi connectivity index (χ1v) is 11.6. The van der Waals surface area contributed by atoms with Crippen molar-refractivity contribution in [2.24, 2.45) is 0 Å². The second-order valence-electron chi connectivity index (χ2n) is 6.98. The number of halogens is 1. The van der Waals surface area contributed by atoms with Crippen LogP contribution in [0.5, 0.6) is 5.75 Å². The Morgan fingerprint density at radius 2 is 1.74 bits per heavy atom. The van der Waals surface area contributed by atoms with E-state index in [-0.39, 0.29) is 10.6 Å². The molecule has 0 fully saturated rings. The molecule has 3 rings (SSSR count). The molecule has 3 aromatic rings. The number of rotatable bonds is 6. The molecule has 0 atom stereocenters. The van der Waals surface area contributed by atoms with Crippen molar-refractivity contribution in [3.8, 4) is 5.75 Å². The largest absolute Gasteiger partial charge is 0.495 e. The van der Waals surface area contributed by atoms with Gasteiger partial charge >= 0.3 is 0 Å². The highest BCUT2D eigenvalue weighted by atomic mass is 79.9. The Bertz CT molecular complexity index is 1240. The summed E-state index contributed by atoms with van der Waals surface area (Å²) >= 11 is 3.30. The Kier molecular flexibility index (Phi) is 6.66. The average Bonchev–Trinajstić information content (AvgIpc) is 2.72. The normalized spacial score (nSPS) is 11.1. The molecule has 2 N–H and O–H groups in total. The van der Waals surface area contributed by atoms with E-state index < -0.39 is 15.9 Å². The zero-order chi connectivity index (χ0) is 22.8. The molecule has 1 heterocycles. The number of amides is 1. The number of pyridine rings is 1. The molecule has 0 saturated carbocycles. The van der Waals surface area contributed by atoms with E-state index in [1.54, 1.807) is 25.3 Å². The van der Waals surface area contributed by atoms with E-state index in [9.17, 15) is 13.2 Å². The van der Waals surface area contributed by atoms with Crippen molar-refractivity contribution in [2.45, 2.75) is 25.7 Å². The topological polar surface area (TPSA) is 97.4 Å². The molecule has 0 spiro atoms. The van der Waals surface area contributed by atoms with Crippen molar-refractivity contribution in [3.05, 3.63) is 75.5 Å². The van der Waals surface area contributed by atoms with Gasteiger partial charge in [0.05, 0.1) is 24.1 Å². The smallest absolute Gasteiger partial charge is 0.265 e. The first-order chi connectivity index (χ1) is 14.6. The van der Waals surface area contributed by atoms with Gasteiger partial charge in [0.2, 0.25) is 0 Å². The number of benzene rings is 2. The van der Waals surface area contributed by atoms with Gasteiger partial charge in [0.1, 0.15) is 10.6 Å². The molecule has 0 aliphatic carbocycles. The number of aryl methyl sites for hydroxylation is 3. The van der Waals surface area contributed by atoms with Crippen LogP contribution in [0.1, 0.15) is 27.2 Å². The second kappa shape index (κ2) is 9.07. The molecule has 31 heavy (non-hydrogen) atoms. The fraction of sp³-hybridized carbons (Fsp3) is 0.182. The van der Waals surface area contributed by atoms with Gasteiger partial charge in [-0.05, 0) is 72.1 Å². The summed E-state index contributed by atoms with van der Waals surface area (Å²) in [4.78, 5) is 16.8. The van der Waals surface area contributed by atoms with Crippen molar-refractivity contribution < 1.29 is 17.9 Å². The highest BCUT2D eigenvalue weighted by molar-refractivity contribution is 9.10. The van der Waals surface area contributed by atoms with E-state index in [0.29, 0.717) is 27.1 Å². The molecule has 7 nitrogen and oxygen atoms in total. The minimum absolute atomic E-state index is 0.0838. The SMILES string of the molecule is COc1ccc(NC(=O)c2cc(Br)cnc2C)cc1S(=O)(=O)Nc1c(C)cccc1C. The fourth-order valence-corrected chi connectivity index (χ4v) is 4.80. The van der Waals surface area contributed by atoms with Gasteiger partial charge in [-0.25, -0.2) is 8.42 Å². The number of para-hydroxylation sites is 1. The number of anilines is 2. The first-order valence-electron chi connectivity index (χ1n) is 9.33. The summed E-state index contributed by atoms with van der Waals surface area (Å²) in [5.74, 6) is -0.237. The van der Waals surface area contributed by atoms with E-state index in [4.69, 9.17) is 4.74 Å². The maximum Gasteiger partial charge on any atom is 0.265 e. The van der Waals surface area contributed by atoms with Crippen LogP contribution < -0.4 is 14.8 Å². The molecule has 2 aromatic carbocycles. The Balaban J connectivity index is 1.97. The number of carbonyl (C=O) groups is 1. The van der Waals surface area contributed by atoms with Gasteiger partial charge in [0.25, 0.3) is 15.9 Å². The van der Waals surface area contributed by atoms with E-state index in [0.717, 1.165) is 11.1 Å². The molecule has 0 radical (unpaired) electrons. The lowest BCUT2D eigenvalue weighted by Crippen LogP contribution is -2.17. The van der Waals surface area contributed by atoms with Crippen LogP contribution in [0.3, 0.4) is 0 Å². The van der Waals surface area contributed by atoms with Crippen LogP contribution in [-0.4, -0.2) is 26.4 Å². The zero-order valence-corrected chi connectivity index (χ0v) is 19.9. The molecular weight excluding hydrogens is 482 g/mol. The number of nitrogens with one attached hydrogen (secondary N) is 2. The van der Waals surface area contributed by atoms with E-state index >= 15 is 0 Å². The summed E-state index contributed by atoms with van der Waals surface area (Å²) in [6.45, 7) is 5.37. The van der Waals surface area contributed by atoms with Gasteiger partial charge in [0, 0.05) is 16.4 Å². The summed E-state index contributed by atoms with van der Waals surface area (Å²) in [6, 6.07) is 11.6. The molecule has 162 valence electrons. The minimum atomic E-state index is -3.99. The van der Waals surface area contributed by atoms with Gasteiger partial charge in [-0.15, -0.1) is 0 Å². The van der Waals surface area contributed by atoms with Crippen molar-refractivity contribution >= 4 is 43.2 Å². The Labute approximate surface area is 190 Å². The maximum absolute atomic E-state index is 13.2. The molecule has 0 aliphatic heterocycles. The molecule has 1 amide bonds. The van der Waals surface area contributed by atoms with Crippen LogP contribution in [-0.2, 0) is 10.0 Å². The summed E-state index contributed by atoms with van der Waals surface area (Å²) in [5.41, 5.74) is 3.35. The van der Waals surface area contributed by atoms with Crippen molar-refractivity contribution in [1.29, 1.82) is 0 Å². The molecule has 0 unspecified atom stereocenters. The number of aromatic nitrogens is 1. The van der Waals surface area contributed by atoms with E-state index in [1.165, 1.54) is 19.2 Å². The number of methoxy groups -OCH3 is 1. The van der Waals surface area contributed by atoms with Crippen molar-refractivity contribution in [1.82, 2.24) is 4.98 Å². The Morgan fingerprint density at radius 1 is 1.06 bits per heavy atom. The van der Waals surface area contributed by atoms with Crippen LogP contribution in [0.2, 0.25) is 0 Å². The van der Waals surface area contributed by atoms with Crippen molar-refractivity contribution in [2.75, 3.05) is 17.1 Å². The number of nitrogens with zero attached hydrogens (tertiary/aromatic N) is 1. The third-order valence-corrected chi connectivity index (χ3v) is 6.53. The maximum atomic E-state index is 13.2. The van der Waals surface area contributed by atoms with E-state index in [1.807, 2.05) is 32.0 Å². The van der Waals surface area contributed by atoms with Crippen LogP contribution in [0.25, 0.3) is 0 Å². The number of hydrogen-bond donors (Lipinski definition) is 2. The van der Waals surface area contributed by atoms with Gasteiger partial charge < -0.3 is 10.1 Å². The third kappa shape index (κ3) is 5.05. The summed E-state index contributed by atoms with van der Waals surface area (Å²) < 4.78 is 34.9. The fourth-order valence-electron chi connectivity index (χ4n) is 3.07. The summed E-state index contributed by atoms with van der Waals surface area (Å²) in [6.07, 6.45) is 1.60. The lowest BCUT2D eigenvalue weighted by molar-refractivity contribution is 0.102. The summed E-state index contributed by atoms with van der Waals surface area (Å²) in [7, 11) is -2.59. The molecule has 0 aliphatic rings.